The van der Waals surface area contributed by atoms with Gasteiger partial charge in [0.05, 0.1) is 12.7 Å². The summed E-state index contributed by atoms with van der Waals surface area (Å²) in [6, 6.07) is 10.5. The standard InChI is InChI=1S/C14H20O2/c1-11(12-5-3-2-4-6-12)9-13-10-16-8-7-14(13)15/h2-6,11,13-15H,7-10H2,1H3/t11-,13+,14+/m1/s1. The van der Waals surface area contributed by atoms with E-state index < -0.39 is 0 Å². The molecular weight excluding hydrogens is 200 g/mol. The second-order valence-electron chi connectivity index (χ2n) is 4.74. The van der Waals surface area contributed by atoms with Crippen LogP contribution in [0.2, 0.25) is 0 Å². The van der Waals surface area contributed by atoms with E-state index >= 15 is 0 Å². The third-order valence-electron chi connectivity index (χ3n) is 3.46. The minimum Gasteiger partial charge on any atom is -0.393 e. The van der Waals surface area contributed by atoms with Gasteiger partial charge in [-0.1, -0.05) is 37.3 Å². The number of hydrogen-bond acceptors (Lipinski definition) is 2. The summed E-state index contributed by atoms with van der Waals surface area (Å²) in [6.45, 7) is 3.63. The molecule has 2 heteroatoms. The van der Waals surface area contributed by atoms with Crippen molar-refractivity contribution in [2.75, 3.05) is 13.2 Å². The Morgan fingerprint density at radius 2 is 2.12 bits per heavy atom. The van der Waals surface area contributed by atoms with Crippen LogP contribution in [0.15, 0.2) is 30.3 Å². The molecule has 0 amide bonds. The molecule has 2 rings (SSSR count). The molecular formula is C14H20O2. The highest BCUT2D eigenvalue weighted by Crippen LogP contribution is 2.28. The van der Waals surface area contributed by atoms with Crippen LogP contribution in [0.25, 0.3) is 0 Å². The molecule has 0 bridgehead atoms. The summed E-state index contributed by atoms with van der Waals surface area (Å²) in [4.78, 5) is 0. The van der Waals surface area contributed by atoms with Crippen LogP contribution in [0.4, 0.5) is 0 Å². The van der Waals surface area contributed by atoms with Crippen LogP contribution in [-0.2, 0) is 4.74 Å². The Morgan fingerprint density at radius 3 is 2.81 bits per heavy atom. The fourth-order valence-corrected chi connectivity index (χ4v) is 2.38. The number of benzene rings is 1. The minimum atomic E-state index is -0.181. The van der Waals surface area contributed by atoms with Crippen molar-refractivity contribution in [3.05, 3.63) is 35.9 Å². The average molecular weight is 220 g/mol. The molecule has 0 unspecified atom stereocenters. The third-order valence-corrected chi connectivity index (χ3v) is 3.46. The van der Waals surface area contributed by atoms with Crippen molar-refractivity contribution in [2.45, 2.75) is 31.8 Å². The summed E-state index contributed by atoms with van der Waals surface area (Å²) in [7, 11) is 0. The lowest BCUT2D eigenvalue weighted by Crippen LogP contribution is -2.32. The molecule has 0 spiro atoms. The Morgan fingerprint density at radius 1 is 1.38 bits per heavy atom. The van der Waals surface area contributed by atoms with Gasteiger partial charge in [0.1, 0.15) is 0 Å². The van der Waals surface area contributed by atoms with Crippen molar-refractivity contribution in [1.82, 2.24) is 0 Å². The van der Waals surface area contributed by atoms with E-state index in [0.717, 1.165) is 12.8 Å². The maximum atomic E-state index is 9.88. The van der Waals surface area contributed by atoms with Crippen LogP contribution >= 0.6 is 0 Å². The summed E-state index contributed by atoms with van der Waals surface area (Å²) < 4.78 is 5.43. The topological polar surface area (TPSA) is 29.5 Å². The lowest BCUT2D eigenvalue weighted by atomic mass is 9.86. The Kier molecular flexibility index (Phi) is 3.97. The van der Waals surface area contributed by atoms with Crippen molar-refractivity contribution in [1.29, 1.82) is 0 Å². The van der Waals surface area contributed by atoms with Gasteiger partial charge in [-0.3, -0.25) is 0 Å². The lowest BCUT2D eigenvalue weighted by Gasteiger charge is -2.29. The molecule has 1 aliphatic rings. The molecule has 1 aromatic carbocycles. The Bertz CT molecular complexity index is 310. The van der Waals surface area contributed by atoms with Gasteiger partial charge in [-0.05, 0) is 24.3 Å². The summed E-state index contributed by atoms with van der Waals surface area (Å²) >= 11 is 0. The van der Waals surface area contributed by atoms with E-state index in [1.165, 1.54) is 5.56 Å². The second-order valence-corrected chi connectivity index (χ2v) is 4.74. The summed E-state index contributed by atoms with van der Waals surface area (Å²) in [5, 5.41) is 9.88. The van der Waals surface area contributed by atoms with E-state index in [1.54, 1.807) is 0 Å². The Hall–Kier alpha value is -0.860. The molecule has 1 fully saturated rings. The fraction of sp³-hybridized carbons (Fsp3) is 0.571. The van der Waals surface area contributed by atoms with Gasteiger partial charge in [0.15, 0.2) is 0 Å². The van der Waals surface area contributed by atoms with Crippen LogP contribution < -0.4 is 0 Å². The second kappa shape index (κ2) is 5.46. The molecule has 3 atom stereocenters. The molecule has 1 saturated heterocycles. The smallest absolute Gasteiger partial charge is 0.0612 e. The fourth-order valence-electron chi connectivity index (χ4n) is 2.38. The first-order valence-electron chi connectivity index (χ1n) is 6.08. The highest BCUT2D eigenvalue weighted by molar-refractivity contribution is 5.18. The van der Waals surface area contributed by atoms with E-state index in [2.05, 4.69) is 31.2 Å². The summed E-state index contributed by atoms with van der Waals surface area (Å²) in [6.07, 6.45) is 1.61. The molecule has 0 saturated carbocycles. The normalized spacial score (nSPS) is 27.6. The van der Waals surface area contributed by atoms with Gasteiger partial charge in [0.25, 0.3) is 0 Å². The molecule has 2 nitrogen and oxygen atoms in total. The predicted molar refractivity (Wildman–Crippen MR) is 64.4 cm³/mol. The van der Waals surface area contributed by atoms with Gasteiger partial charge in [0, 0.05) is 12.5 Å². The average Bonchev–Trinajstić information content (AvgIpc) is 2.33. The molecule has 1 N–H and O–H groups in total. The summed E-state index contributed by atoms with van der Waals surface area (Å²) in [5.41, 5.74) is 1.35. The Labute approximate surface area is 97.3 Å². The predicted octanol–water partition coefficient (Wildman–Crippen LogP) is 2.58. The largest absolute Gasteiger partial charge is 0.393 e. The molecule has 1 aromatic rings. The molecule has 1 heterocycles. The van der Waals surface area contributed by atoms with Crippen LogP contribution in [0.3, 0.4) is 0 Å². The molecule has 88 valence electrons. The highest BCUT2D eigenvalue weighted by atomic mass is 16.5. The van der Waals surface area contributed by atoms with Crippen LogP contribution in [0, 0.1) is 5.92 Å². The first-order valence-corrected chi connectivity index (χ1v) is 6.08. The molecule has 1 aliphatic heterocycles. The number of hydrogen-bond donors (Lipinski definition) is 1. The molecule has 0 radical (unpaired) electrons. The number of aliphatic hydroxyl groups excluding tert-OH is 1. The van der Waals surface area contributed by atoms with Gasteiger partial charge < -0.3 is 9.84 Å². The van der Waals surface area contributed by atoms with Crippen LogP contribution in [0.1, 0.15) is 31.2 Å². The maximum absolute atomic E-state index is 9.88. The first kappa shape index (κ1) is 11.6. The van der Waals surface area contributed by atoms with Crippen molar-refractivity contribution < 1.29 is 9.84 Å². The van der Waals surface area contributed by atoms with Crippen molar-refractivity contribution in [3.63, 3.8) is 0 Å². The number of aliphatic hydroxyl groups is 1. The van der Waals surface area contributed by atoms with E-state index in [1.807, 2.05) is 6.07 Å². The number of ether oxygens (including phenoxy) is 1. The molecule has 0 aromatic heterocycles. The van der Waals surface area contributed by atoms with Crippen molar-refractivity contribution in [2.24, 2.45) is 5.92 Å². The van der Waals surface area contributed by atoms with E-state index in [9.17, 15) is 5.11 Å². The first-order chi connectivity index (χ1) is 7.77. The zero-order valence-electron chi connectivity index (χ0n) is 9.80. The van der Waals surface area contributed by atoms with Gasteiger partial charge >= 0.3 is 0 Å². The van der Waals surface area contributed by atoms with Crippen LogP contribution in [-0.4, -0.2) is 24.4 Å². The minimum absolute atomic E-state index is 0.181. The zero-order valence-corrected chi connectivity index (χ0v) is 9.80. The third kappa shape index (κ3) is 2.83. The lowest BCUT2D eigenvalue weighted by molar-refractivity contribution is -0.0400. The SMILES string of the molecule is C[C@H](C[C@H]1COCC[C@@H]1O)c1ccccc1. The Balaban J connectivity index is 1.94. The molecule has 0 aliphatic carbocycles. The van der Waals surface area contributed by atoms with E-state index in [0.29, 0.717) is 25.0 Å². The number of rotatable bonds is 3. The van der Waals surface area contributed by atoms with Gasteiger partial charge in [-0.25, -0.2) is 0 Å². The monoisotopic (exact) mass is 220 g/mol. The van der Waals surface area contributed by atoms with Crippen molar-refractivity contribution >= 4 is 0 Å². The van der Waals surface area contributed by atoms with E-state index in [-0.39, 0.29) is 6.10 Å². The quantitative estimate of drug-likeness (QED) is 0.848. The maximum Gasteiger partial charge on any atom is 0.0612 e. The van der Waals surface area contributed by atoms with Gasteiger partial charge in [0.2, 0.25) is 0 Å². The van der Waals surface area contributed by atoms with E-state index in [4.69, 9.17) is 4.74 Å². The van der Waals surface area contributed by atoms with Crippen LogP contribution in [0.5, 0.6) is 0 Å². The van der Waals surface area contributed by atoms with Crippen molar-refractivity contribution in [3.8, 4) is 0 Å². The summed E-state index contributed by atoms with van der Waals surface area (Å²) in [5.74, 6) is 0.784. The van der Waals surface area contributed by atoms with Gasteiger partial charge in [-0.15, -0.1) is 0 Å². The highest BCUT2D eigenvalue weighted by Gasteiger charge is 2.25. The van der Waals surface area contributed by atoms with Gasteiger partial charge in [-0.2, -0.15) is 0 Å². The zero-order chi connectivity index (χ0) is 11.4. The molecule has 16 heavy (non-hydrogen) atoms.